The molecule has 0 spiro atoms. The third-order valence-electron chi connectivity index (χ3n) is 3.41. The highest BCUT2D eigenvalue weighted by molar-refractivity contribution is 8.00. The quantitative estimate of drug-likeness (QED) is 0.514. The Morgan fingerprint density at radius 1 is 1.22 bits per heavy atom. The van der Waals surface area contributed by atoms with E-state index in [1.807, 2.05) is 0 Å². The Bertz CT molecular complexity index is 973. The zero-order chi connectivity index (χ0) is 19.4. The van der Waals surface area contributed by atoms with Crippen LogP contribution in [0.5, 0.6) is 0 Å². The van der Waals surface area contributed by atoms with Crippen molar-refractivity contribution < 1.29 is 14.0 Å². The Hall–Kier alpha value is -3.01. The number of benzene rings is 1. The molecule has 27 heavy (non-hydrogen) atoms. The highest BCUT2D eigenvalue weighted by Gasteiger charge is 2.14. The molecule has 0 saturated heterocycles. The molecule has 1 aromatic carbocycles. The first-order valence-corrected chi connectivity index (χ1v) is 9.10. The van der Waals surface area contributed by atoms with Crippen LogP contribution in [0, 0.1) is 5.82 Å². The SMILES string of the molecule is CC(C)NC(=O)NC(=O)CSc1ncnc2c1cnn2-c1ccc(F)cc1. The van der Waals surface area contributed by atoms with E-state index >= 15 is 0 Å². The Kier molecular flexibility index (Phi) is 5.65. The summed E-state index contributed by atoms with van der Waals surface area (Å²) in [5.74, 6) is -0.760. The lowest BCUT2D eigenvalue weighted by molar-refractivity contribution is -0.117. The molecule has 0 atom stereocenters. The van der Waals surface area contributed by atoms with E-state index in [4.69, 9.17) is 0 Å². The van der Waals surface area contributed by atoms with Gasteiger partial charge in [-0.2, -0.15) is 5.10 Å². The number of hydrogen-bond donors (Lipinski definition) is 2. The fourth-order valence-corrected chi connectivity index (χ4v) is 3.06. The van der Waals surface area contributed by atoms with Crippen LogP contribution in [0.4, 0.5) is 9.18 Å². The van der Waals surface area contributed by atoms with E-state index in [1.165, 1.54) is 30.2 Å². The van der Waals surface area contributed by atoms with E-state index < -0.39 is 11.9 Å². The lowest BCUT2D eigenvalue weighted by Gasteiger charge is -2.09. The van der Waals surface area contributed by atoms with Gasteiger partial charge in [0.2, 0.25) is 5.91 Å². The van der Waals surface area contributed by atoms with Crippen LogP contribution < -0.4 is 10.6 Å². The highest BCUT2D eigenvalue weighted by atomic mass is 32.2. The molecule has 140 valence electrons. The monoisotopic (exact) mass is 388 g/mol. The average Bonchev–Trinajstić information content (AvgIpc) is 3.04. The van der Waals surface area contributed by atoms with Crippen molar-refractivity contribution in [1.82, 2.24) is 30.4 Å². The lowest BCUT2D eigenvalue weighted by Crippen LogP contribution is -2.43. The summed E-state index contributed by atoms with van der Waals surface area (Å²) in [4.78, 5) is 31.9. The molecule has 0 radical (unpaired) electrons. The fraction of sp³-hybridized carbons (Fsp3) is 0.235. The molecule has 10 heteroatoms. The van der Waals surface area contributed by atoms with Crippen LogP contribution in [-0.2, 0) is 4.79 Å². The predicted molar refractivity (Wildman–Crippen MR) is 99.2 cm³/mol. The molecule has 0 aliphatic rings. The molecule has 0 unspecified atom stereocenters. The van der Waals surface area contributed by atoms with Crippen molar-refractivity contribution in [3.63, 3.8) is 0 Å². The van der Waals surface area contributed by atoms with Crippen molar-refractivity contribution in [1.29, 1.82) is 0 Å². The molecule has 3 rings (SSSR count). The minimum Gasteiger partial charge on any atom is -0.336 e. The molecule has 0 aliphatic carbocycles. The molecule has 8 nitrogen and oxygen atoms in total. The molecule has 2 aromatic heterocycles. The number of carbonyl (C=O) groups is 2. The Labute approximate surface area is 158 Å². The number of hydrogen-bond acceptors (Lipinski definition) is 6. The van der Waals surface area contributed by atoms with Gasteiger partial charge in [-0.15, -0.1) is 0 Å². The summed E-state index contributed by atoms with van der Waals surface area (Å²) in [5.41, 5.74) is 1.20. The van der Waals surface area contributed by atoms with Gasteiger partial charge in [-0.3, -0.25) is 10.1 Å². The molecule has 2 heterocycles. The van der Waals surface area contributed by atoms with Gasteiger partial charge in [0.25, 0.3) is 0 Å². The fourth-order valence-electron chi connectivity index (χ4n) is 2.30. The van der Waals surface area contributed by atoms with Crippen molar-refractivity contribution >= 4 is 34.7 Å². The minimum absolute atomic E-state index is 0.0133. The van der Waals surface area contributed by atoms with Gasteiger partial charge in [0.05, 0.1) is 23.0 Å². The molecule has 0 aliphatic heterocycles. The van der Waals surface area contributed by atoms with Gasteiger partial charge < -0.3 is 5.32 Å². The summed E-state index contributed by atoms with van der Waals surface area (Å²) in [6.45, 7) is 3.60. The minimum atomic E-state index is -0.535. The number of nitrogens with one attached hydrogen (secondary N) is 2. The lowest BCUT2D eigenvalue weighted by atomic mass is 10.3. The summed E-state index contributed by atoms with van der Waals surface area (Å²) >= 11 is 1.17. The highest BCUT2D eigenvalue weighted by Crippen LogP contribution is 2.25. The predicted octanol–water partition coefficient (Wildman–Crippen LogP) is 2.28. The second kappa shape index (κ2) is 8.12. The zero-order valence-electron chi connectivity index (χ0n) is 14.6. The number of halogens is 1. The van der Waals surface area contributed by atoms with Gasteiger partial charge in [-0.05, 0) is 38.1 Å². The number of urea groups is 1. The summed E-state index contributed by atoms with van der Waals surface area (Å²) in [6.07, 6.45) is 2.96. The van der Waals surface area contributed by atoms with Crippen molar-refractivity contribution in [2.24, 2.45) is 0 Å². The first-order chi connectivity index (χ1) is 12.9. The molecular formula is C17H17FN6O2S. The van der Waals surface area contributed by atoms with E-state index in [0.29, 0.717) is 21.7 Å². The van der Waals surface area contributed by atoms with Crippen LogP contribution in [0.15, 0.2) is 41.8 Å². The maximum absolute atomic E-state index is 13.1. The normalized spacial score (nSPS) is 11.0. The first kappa shape index (κ1) is 18.8. The van der Waals surface area contributed by atoms with Gasteiger partial charge in [0, 0.05) is 6.04 Å². The molecule has 3 amide bonds. The third-order valence-corrected chi connectivity index (χ3v) is 4.42. The van der Waals surface area contributed by atoms with Crippen molar-refractivity contribution in [2.75, 3.05) is 5.75 Å². The Morgan fingerprint density at radius 2 is 1.96 bits per heavy atom. The number of fused-ring (bicyclic) bond motifs is 1. The van der Waals surface area contributed by atoms with E-state index in [-0.39, 0.29) is 17.6 Å². The number of thioether (sulfide) groups is 1. The number of aromatic nitrogens is 4. The largest absolute Gasteiger partial charge is 0.336 e. The van der Waals surface area contributed by atoms with E-state index in [1.54, 1.807) is 36.9 Å². The topological polar surface area (TPSA) is 102 Å². The molecule has 0 bridgehead atoms. The van der Waals surface area contributed by atoms with Gasteiger partial charge in [0.1, 0.15) is 17.2 Å². The summed E-state index contributed by atoms with van der Waals surface area (Å²) in [5, 5.41) is 10.3. The second-order valence-corrected chi connectivity index (χ2v) is 6.88. The number of amides is 3. The average molecular weight is 388 g/mol. The van der Waals surface area contributed by atoms with Gasteiger partial charge >= 0.3 is 6.03 Å². The number of carbonyl (C=O) groups excluding carboxylic acids is 2. The van der Waals surface area contributed by atoms with E-state index in [2.05, 4.69) is 25.7 Å². The summed E-state index contributed by atoms with van der Waals surface area (Å²) in [7, 11) is 0. The van der Waals surface area contributed by atoms with E-state index in [0.717, 1.165) is 0 Å². The van der Waals surface area contributed by atoms with Crippen molar-refractivity contribution in [3.8, 4) is 5.69 Å². The molecule has 2 N–H and O–H groups in total. The van der Waals surface area contributed by atoms with Crippen LogP contribution >= 0.6 is 11.8 Å². The van der Waals surface area contributed by atoms with Gasteiger partial charge in [-0.1, -0.05) is 11.8 Å². The molecule has 0 fully saturated rings. The Balaban J connectivity index is 1.74. The number of nitrogens with zero attached hydrogens (tertiary/aromatic N) is 4. The maximum Gasteiger partial charge on any atom is 0.321 e. The maximum atomic E-state index is 13.1. The van der Waals surface area contributed by atoms with Crippen LogP contribution in [0.25, 0.3) is 16.7 Å². The van der Waals surface area contributed by atoms with Gasteiger partial charge in [0.15, 0.2) is 5.65 Å². The molecule has 0 saturated carbocycles. The summed E-state index contributed by atoms with van der Waals surface area (Å²) < 4.78 is 14.7. The van der Waals surface area contributed by atoms with Crippen LogP contribution in [0.1, 0.15) is 13.8 Å². The van der Waals surface area contributed by atoms with Crippen LogP contribution in [-0.4, -0.2) is 43.5 Å². The number of imide groups is 1. The zero-order valence-corrected chi connectivity index (χ0v) is 15.5. The Morgan fingerprint density at radius 3 is 2.67 bits per heavy atom. The standard InChI is InChI=1S/C17H17FN6O2S/c1-10(2)22-17(26)23-14(25)8-27-16-13-7-21-24(15(13)19-9-20-16)12-5-3-11(18)4-6-12/h3-7,9-10H,8H2,1-2H3,(H2,22,23,25,26). The third kappa shape index (κ3) is 4.59. The smallest absolute Gasteiger partial charge is 0.321 e. The van der Waals surface area contributed by atoms with Crippen LogP contribution in [0.3, 0.4) is 0 Å². The molecule has 3 aromatic rings. The summed E-state index contributed by atoms with van der Waals surface area (Å²) in [6, 6.07) is 5.27. The van der Waals surface area contributed by atoms with Crippen LogP contribution in [0.2, 0.25) is 0 Å². The second-order valence-electron chi connectivity index (χ2n) is 5.91. The van der Waals surface area contributed by atoms with Crippen molar-refractivity contribution in [2.45, 2.75) is 24.9 Å². The first-order valence-electron chi connectivity index (χ1n) is 8.12. The van der Waals surface area contributed by atoms with E-state index in [9.17, 15) is 14.0 Å². The molecular weight excluding hydrogens is 371 g/mol. The van der Waals surface area contributed by atoms with Gasteiger partial charge in [-0.25, -0.2) is 23.8 Å². The number of rotatable bonds is 5. The van der Waals surface area contributed by atoms with Crippen molar-refractivity contribution in [3.05, 3.63) is 42.6 Å².